The third-order valence-corrected chi connectivity index (χ3v) is 4.30. The molecule has 0 aliphatic heterocycles. The van der Waals surface area contributed by atoms with Gasteiger partial charge in [-0.05, 0) is 45.6 Å². The number of nitrogens with one attached hydrogen (secondary N) is 1. The lowest BCUT2D eigenvalue weighted by Crippen LogP contribution is -2.14. The first-order valence-corrected chi connectivity index (χ1v) is 7.42. The van der Waals surface area contributed by atoms with Crippen LogP contribution in [0, 0.1) is 0 Å². The lowest BCUT2D eigenvalue weighted by molar-refractivity contribution is 0.102. The Morgan fingerprint density at radius 3 is 2.76 bits per heavy atom. The first-order chi connectivity index (χ1) is 10.1. The van der Waals surface area contributed by atoms with E-state index in [1.807, 2.05) is 30.3 Å². The number of amides is 1. The summed E-state index contributed by atoms with van der Waals surface area (Å²) in [5.41, 5.74) is 1.02. The highest BCUT2D eigenvalue weighted by molar-refractivity contribution is 9.10. The number of benzene rings is 2. The number of hydrogen-bond acceptors (Lipinski definition) is 2. The van der Waals surface area contributed by atoms with Crippen molar-refractivity contribution in [1.29, 1.82) is 0 Å². The van der Waals surface area contributed by atoms with Gasteiger partial charge in [-0.3, -0.25) is 9.78 Å². The number of nitrogens with zero attached hydrogens (tertiary/aromatic N) is 1. The van der Waals surface area contributed by atoms with E-state index >= 15 is 0 Å². The van der Waals surface area contributed by atoms with E-state index in [0.717, 1.165) is 15.2 Å². The predicted octanol–water partition coefficient (Wildman–Crippen LogP) is 4.90. The van der Waals surface area contributed by atoms with Crippen LogP contribution in [0.5, 0.6) is 0 Å². The second kappa shape index (κ2) is 5.84. The van der Waals surface area contributed by atoms with Crippen molar-refractivity contribution in [2.75, 3.05) is 5.32 Å². The molecule has 0 aliphatic rings. The molecule has 0 aliphatic carbocycles. The molecule has 5 heteroatoms. The quantitative estimate of drug-likeness (QED) is 0.705. The van der Waals surface area contributed by atoms with E-state index in [2.05, 4.69) is 26.2 Å². The lowest BCUT2D eigenvalue weighted by atomic mass is 10.1. The van der Waals surface area contributed by atoms with Gasteiger partial charge in [0.05, 0.1) is 5.02 Å². The van der Waals surface area contributed by atoms with Crippen LogP contribution in [-0.2, 0) is 0 Å². The van der Waals surface area contributed by atoms with Gasteiger partial charge in [-0.2, -0.15) is 0 Å². The number of fused-ring (bicyclic) bond motifs is 1. The molecule has 1 heterocycles. The van der Waals surface area contributed by atoms with E-state index < -0.39 is 0 Å². The molecule has 104 valence electrons. The van der Waals surface area contributed by atoms with Gasteiger partial charge in [0.25, 0.3) is 5.91 Å². The Hall–Kier alpha value is -1.91. The molecule has 0 bridgehead atoms. The summed E-state index contributed by atoms with van der Waals surface area (Å²) in [5.74, 6) is -0.259. The molecule has 3 aromatic rings. The maximum atomic E-state index is 12.4. The van der Waals surface area contributed by atoms with Crippen molar-refractivity contribution in [3.05, 3.63) is 69.9 Å². The van der Waals surface area contributed by atoms with Crippen LogP contribution in [0.2, 0.25) is 5.02 Å². The highest BCUT2D eigenvalue weighted by Crippen LogP contribution is 2.26. The number of carbonyl (C=O) groups excluding carboxylic acids is 1. The van der Waals surface area contributed by atoms with Crippen molar-refractivity contribution in [2.24, 2.45) is 0 Å². The second-order valence-corrected chi connectivity index (χ2v) is 5.73. The fourth-order valence-electron chi connectivity index (χ4n) is 2.06. The van der Waals surface area contributed by atoms with E-state index in [0.29, 0.717) is 16.4 Å². The molecule has 3 rings (SSSR count). The molecule has 0 saturated carbocycles. The summed E-state index contributed by atoms with van der Waals surface area (Å²) in [5, 5.41) is 5.15. The summed E-state index contributed by atoms with van der Waals surface area (Å²) in [6.07, 6.45) is 1.63. The highest BCUT2D eigenvalue weighted by atomic mass is 79.9. The van der Waals surface area contributed by atoms with Crippen molar-refractivity contribution >= 4 is 49.9 Å². The summed E-state index contributed by atoms with van der Waals surface area (Å²) in [4.78, 5) is 16.6. The lowest BCUT2D eigenvalue weighted by Gasteiger charge is -2.08. The third kappa shape index (κ3) is 2.91. The molecule has 2 aromatic carbocycles. The average Bonchev–Trinajstić information content (AvgIpc) is 2.50. The molecule has 0 atom stereocenters. The Labute approximate surface area is 135 Å². The van der Waals surface area contributed by atoms with Gasteiger partial charge in [-0.25, -0.2) is 0 Å². The van der Waals surface area contributed by atoms with Crippen LogP contribution in [0.4, 0.5) is 5.69 Å². The summed E-state index contributed by atoms with van der Waals surface area (Å²) in [7, 11) is 0. The van der Waals surface area contributed by atoms with Gasteiger partial charge in [-0.1, -0.05) is 35.9 Å². The third-order valence-electron chi connectivity index (χ3n) is 3.07. The smallest absolute Gasteiger partial charge is 0.274 e. The zero-order chi connectivity index (χ0) is 14.8. The fourth-order valence-corrected chi connectivity index (χ4v) is 2.49. The Balaban J connectivity index is 1.95. The van der Waals surface area contributed by atoms with Gasteiger partial charge < -0.3 is 5.32 Å². The Kier molecular flexibility index (Phi) is 3.90. The van der Waals surface area contributed by atoms with Gasteiger partial charge in [0, 0.05) is 21.7 Å². The molecular formula is C16H10BrClN2O. The normalized spacial score (nSPS) is 10.6. The molecule has 0 unspecified atom stereocenters. The van der Waals surface area contributed by atoms with Gasteiger partial charge >= 0.3 is 0 Å². The molecule has 0 spiro atoms. The Morgan fingerprint density at radius 2 is 1.95 bits per heavy atom. The van der Waals surface area contributed by atoms with Crippen LogP contribution in [0.3, 0.4) is 0 Å². The van der Waals surface area contributed by atoms with E-state index in [1.165, 1.54) is 0 Å². The van der Waals surface area contributed by atoms with Crippen molar-refractivity contribution in [2.45, 2.75) is 0 Å². The van der Waals surface area contributed by atoms with Gasteiger partial charge in [-0.15, -0.1) is 0 Å². The molecule has 21 heavy (non-hydrogen) atoms. The maximum absolute atomic E-state index is 12.4. The van der Waals surface area contributed by atoms with E-state index in [1.54, 1.807) is 24.4 Å². The standard InChI is InChI=1S/C16H10BrClN2O/c17-13-6-5-11(9-14(13)18)20-16(21)15-12-4-2-1-3-10(12)7-8-19-15/h1-9H,(H,20,21). The summed E-state index contributed by atoms with van der Waals surface area (Å²) in [6, 6.07) is 14.8. The minimum Gasteiger partial charge on any atom is -0.321 e. The SMILES string of the molecule is O=C(Nc1ccc(Br)c(Cl)c1)c1nccc2ccccc12. The largest absolute Gasteiger partial charge is 0.321 e. The van der Waals surface area contributed by atoms with Crippen molar-refractivity contribution in [3.8, 4) is 0 Å². The predicted molar refractivity (Wildman–Crippen MR) is 88.8 cm³/mol. The first-order valence-electron chi connectivity index (χ1n) is 6.25. The van der Waals surface area contributed by atoms with Crippen LogP contribution in [0.15, 0.2) is 59.2 Å². The van der Waals surface area contributed by atoms with Gasteiger partial charge in [0.15, 0.2) is 0 Å². The van der Waals surface area contributed by atoms with Crippen molar-refractivity contribution < 1.29 is 4.79 Å². The molecular weight excluding hydrogens is 352 g/mol. The fraction of sp³-hybridized carbons (Fsp3) is 0. The molecule has 0 saturated heterocycles. The molecule has 3 nitrogen and oxygen atoms in total. The van der Waals surface area contributed by atoms with Crippen LogP contribution < -0.4 is 5.32 Å². The number of anilines is 1. The topological polar surface area (TPSA) is 42.0 Å². The number of hydrogen-bond donors (Lipinski definition) is 1. The van der Waals surface area contributed by atoms with Crippen LogP contribution in [-0.4, -0.2) is 10.9 Å². The number of pyridine rings is 1. The first kappa shape index (κ1) is 14.0. The van der Waals surface area contributed by atoms with Crippen molar-refractivity contribution in [3.63, 3.8) is 0 Å². The summed E-state index contributed by atoms with van der Waals surface area (Å²) >= 11 is 9.34. The highest BCUT2D eigenvalue weighted by Gasteiger charge is 2.12. The van der Waals surface area contributed by atoms with E-state index in [9.17, 15) is 4.79 Å². The van der Waals surface area contributed by atoms with Crippen molar-refractivity contribution in [1.82, 2.24) is 4.98 Å². The minimum atomic E-state index is -0.259. The number of rotatable bonds is 2. The number of aromatic nitrogens is 1. The number of carbonyl (C=O) groups is 1. The zero-order valence-corrected chi connectivity index (χ0v) is 13.1. The van der Waals surface area contributed by atoms with Crippen LogP contribution in [0.1, 0.15) is 10.5 Å². The second-order valence-electron chi connectivity index (χ2n) is 4.46. The molecule has 0 fully saturated rings. The Morgan fingerprint density at radius 1 is 1.14 bits per heavy atom. The average molecular weight is 362 g/mol. The maximum Gasteiger partial charge on any atom is 0.274 e. The molecule has 1 aromatic heterocycles. The van der Waals surface area contributed by atoms with Crippen LogP contribution in [0.25, 0.3) is 10.8 Å². The monoisotopic (exact) mass is 360 g/mol. The zero-order valence-electron chi connectivity index (χ0n) is 10.8. The summed E-state index contributed by atoms with van der Waals surface area (Å²) in [6.45, 7) is 0. The van der Waals surface area contributed by atoms with E-state index in [4.69, 9.17) is 11.6 Å². The minimum absolute atomic E-state index is 0.259. The number of halogens is 2. The molecule has 0 radical (unpaired) electrons. The van der Waals surface area contributed by atoms with Gasteiger partial charge in [0.2, 0.25) is 0 Å². The molecule has 1 amide bonds. The van der Waals surface area contributed by atoms with Gasteiger partial charge in [0.1, 0.15) is 5.69 Å². The Bertz CT molecular complexity index is 830. The molecule has 1 N–H and O–H groups in total. The van der Waals surface area contributed by atoms with E-state index in [-0.39, 0.29) is 5.91 Å². The summed E-state index contributed by atoms with van der Waals surface area (Å²) < 4.78 is 0.783. The van der Waals surface area contributed by atoms with Crippen LogP contribution >= 0.6 is 27.5 Å².